The molecule has 5 nitrogen and oxygen atoms in total. The number of carboxylic acids is 1. The number of ether oxygens (including phenoxy) is 1. The van der Waals surface area contributed by atoms with Crippen molar-refractivity contribution in [3.8, 4) is 17.0 Å². The van der Waals surface area contributed by atoms with Gasteiger partial charge in [0.2, 0.25) is 0 Å². The minimum atomic E-state index is -1.03. The molecule has 0 amide bonds. The summed E-state index contributed by atoms with van der Waals surface area (Å²) in [7, 11) is 1.57. The summed E-state index contributed by atoms with van der Waals surface area (Å²) in [6, 6.07) is 7.11. The van der Waals surface area contributed by atoms with Crippen LogP contribution in [0.1, 0.15) is 16.1 Å². The Bertz CT molecular complexity index is 561. The molecule has 0 aliphatic heterocycles. The number of aromatic nitrogens is 2. The summed E-state index contributed by atoms with van der Waals surface area (Å²) in [6.07, 6.45) is 0. The number of hydrogen-bond donors (Lipinski definition) is 2. The minimum Gasteiger partial charge on any atom is -0.496 e. The van der Waals surface area contributed by atoms with Crippen LogP contribution in [0.2, 0.25) is 0 Å². The van der Waals surface area contributed by atoms with E-state index in [-0.39, 0.29) is 5.69 Å². The van der Waals surface area contributed by atoms with Crippen molar-refractivity contribution in [2.75, 3.05) is 7.11 Å². The third-order valence-electron chi connectivity index (χ3n) is 2.52. The summed E-state index contributed by atoms with van der Waals surface area (Å²) < 4.78 is 5.25. The van der Waals surface area contributed by atoms with Crippen LogP contribution in [-0.2, 0) is 0 Å². The SMILES string of the molecule is COc1cccc(C)c1-c1cc(C(=O)O)[nH]n1. The molecule has 1 aromatic carbocycles. The lowest BCUT2D eigenvalue weighted by Crippen LogP contribution is -1.95. The summed E-state index contributed by atoms with van der Waals surface area (Å²) in [4.78, 5) is 10.8. The summed E-state index contributed by atoms with van der Waals surface area (Å²) in [6.45, 7) is 1.92. The maximum Gasteiger partial charge on any atom is 0.353 e. The number of nitrogens with one attached hydrogen (secondary N) is 1. The molecule has 0 saturated heterocycles. The van der Waals surface area contributed by atoms with Crippen LogP contribution in [0.5, 0.6) is 5.75 Å². The monoisotopic (exact) mass is 232 g/mol. The zero-order valence-corrected chi connectivity index (χ0v) is 9.52. The second kappa shape index (κ2) is 4.29. The Morgan fingerprint density at radius 1 is 1.47 bits per heavy atom. The summed E-state index contributed by atoms with van der Waals surface area (Å²) in [5.74, 6) is -0.357. The van der Waals surface area contributed by atoms with Crippen LogP contribution in [0.3, 0.4) is 0 Å². The first kappa shape index (κ1) is 11.2. The molecule has 0 atom stereocenters. The Morgan fingerprint density at radius 3 is 2.82 bits per heavy atom. The molecule has 0 fully saturated rings. The number of methoxy groups -OCH3 is 1. The number of carboxylic acid groups (broad SMARTS) is 1. The van der Waals surface area contributed by atoms with E-state index in [1.807, 2.05) is 25.1 Å². The molecular weight excluding hydrogens is 220 g/mol. The topological polar surface area (TPSA) is 75.2 Å². The highest BCUT2D eigenvalue weighted by Gasteiger charge is 2.14. The van der Waals surface area contributed by atoms with Crippen molar-refractivity contribution in [2.24, 2.45) is 0 Å². The Kier molecular flexibility index (Phi) is 2.82. The van der Waals surface area contributed by atoms with Gasteiger partial charge in [0.05, 0.1) is 12.8 Å². The van der Waals surface area contributed by atoms with Crippen LogP contribution in [-0.4, -0.2) is 28.4 Å². The Balaban J connectivity index is 2.55. The molecule has 0 radical (unpaired) electrons. The number of benzene rings is 1. The number of aryl methyl sites for hydroxylation is 1. The smallest absolute Gasteiger partial charge is 0.353 e. The Labute approximate surface area is 98.0 Å². The van der Waals surface area contributed by atoms with Gasteiger partial charge in [0.25, 0.3) is 0 Å². The second-order valence-corrected chi connectivity index (χ2v) is 3.62. The van der Waals surface area contributed by atoms with E-state index in [1.54, 1.807) is 7.11 Å². The fourth-order valence-corrected chi connectivity index (χ4v) is 1.70. The van der Waals surface area contributed by atoms with Crippen molar-refractivity contribution in [1.29, 1.82) is 0 Å². The molecule has 88 valence electrons. The normalized spacial score (nSPS) is 10.2. The first-order valence-corrected chi connectivity index (χ1v) is 5.06. The predicted molar refractivity (Wildman–Crippen MR) is 62.3 cm³/mol. The van der Waals surface area contributed by atoms with Gasteiger partial charge in [0, 0.05) is 5.56 Å². The highest BCUT2D eigenvalue weighted by molar-refractivity contribution is 5.87. The minimum absolute atomic E-state index is 0.0605. The van der Waals surface area contributed by atoms with Crippen LogP contribution in [0.15, 0.2) is 24.3 Å². The molecule has 0 bridgehead atoms. The molecule has 5 heteroatoms. The van der Waals surface area contributed by atoms with Gasteiger partial charge in [-0.3, -0.25) is 5.10 Å². The standard InChI is InChI=1S/C12H12N2O3/c1-7-4-3-5-10(17-2)11(7)8-6-9(12(15)16)14-13-8/h3-6H,1-2H3,(H,13,14)(H,15,16). The van der Waals surface area contributed by atoms with Crippen LogP contribution in [0.25, 0.3) is 11.3 Å². The number of carbonyl (C=O) groups is 1. The van der Waals surface area contributed by atoms with Gasteiger partial charge in [0.15, 0.2) is 0 Å². The molecule has 0 unspecified atom stereocenters. The van der Waals surface area contributed by atoms with Gasteiger partial charge in [-0.15, -0.1) is 0 Å². The quantitative estimate of drug-likeness (QED) is 0.849. The summed E-state index contributed by atoms with van der Waals surface area (Å²) in [5.41, 5.74) is 2.41. The maximum atomic E-state index is 10.8. The molecule has 0 aliphatic rings. The Morgan fingerprint density at radius 2 is 2.24 bits per heavy atom. The van der Waals surface area contributed by atoms with Gasteiger partial charge in [-0.2, -0.15) is 5.10 Å². The fourth-order valence-electron chi connectivity index (χ4n) is 1.70. The van der Waals surface area contributed by atoms with Crippen molar-refractivity contribution in [1.82, 2.24) is 10.2 Å². The third kappa shape index (κ3) is 1.99. The van der Waals surface area contributed by atoms with E-state index in [0.717, 1.165) is 11.1 Å². The number of H-pyrrole nitrogens is 1. The maximum absolute atomic E-state index is 10.8. The average molecular weight is 232 g/mol. The predicted octanol–water partition coefficient (Wildman–Crippen LogP) is 2.09. The van der Waals surface area contributed by atoms with E-state index in [2.05, 4.69) is 10.2 Å². The molecule has 2 rings (SSSR count). The molecule has 1 aromatic heterocycles. The highest BCUT2D eigenvalue weighted by atomic mass is 16.5. The number of hydrogen-bond acceptors (Lipinski definition) is 3. The van der Waals surface area contributed by atoms with E-state index in [9.17, 15) is 4.79 Å². The van der Waals surface area contributed by atoms with Crippen molar-refractivity contribution < 1.29 is 14.6 Å². The first-order valence-electron chi connectivity index (χ1n) is 5.06. The van der Waals surface area contributed by atoms with Gasteiger partial charge in [-0.1, -0.05) is 12.1 Å². The van der Waals surface area contributed by atoms with Crippen molar-refractivity contribution >= 4 is 5.97 Å². The largest absolute Gasteiger partial charge is 0.496 e. The number of aromatic amines is 1. The number of rotatable bonds is 3. The zero-order chi connectivity index (χ0) is 12.4. The molecule has 17 heavy (non-hydrogen) atoms. The highest BCUT2D eigenvalue weighted by Crippen LogP contribution is 2.31. The summed E-state index contributed by atoms with van der Waals surface area (Å²) in [5, 5.41) is 15.3. The lowest BCUT2D eigenvalue weighted by Gasteiger charge is -2.08. The molecular formula is C12H12N2O3. The van der Waals surface area contributed by atoms with Gasteiger partial charge in [0.1, 0.15) is 11.4 Å². The number of aromatic carboxylic acids is 1. The van der Waals surface area contributed by atoms with Gasteiger partial charge in [-0.25, -0.2) is 4.79 Å². The molecule has 0 aliphatic carbocycles. The van der Waals surface area contributed by atoms with Crippen LogP contribution in [0, 0.1) is 6.92 Å². The molecule has 2 aromatic rings. The molecule has 1 heterocycles. The van der Waals surface area contributed by atoms with Crippen molar-refractivity contribution in [2.45, 2.75) is 6.92 Å². The lowest BCUT2D eigenvalue weighted by molar-refractivity contribution is 0.0690. The van der Waals surface area contributed by atoms with Crippen LogP contribution in [0.4, 0.5) is 0 Å². The average Bonchev–Trinajstić information content (AvgIpc) is 2.77. The molecule has 2 N–H and O–H groups in total. The van der Waals surface area contributed by atoms with Crippen LogP contribution >= 0.6 is 0 Å². The lowest BCUT2D eigenvalue weighted by atomic mass is 10.0. The fraction of sp³-hybridized carbons (Fsp3) is 0.167. The van der Waals surface area contributed by atoms with E-state index in [1.165, 1.54) is 6.07 Å². The summed E-state index contributed by atoms with van der Waals surface area (Å²) >= 11 is 0. The van der Waals surface area contributed by atoms with E-state index >= 15 is 0 Å². The van der Waals surface area contributed by atoms with Gasteiger partial charge >= 0.3 is 5.97 Å². The molecule has 0 saturated carbocycles. The Hall–Kier alpha value is -2.30. The first-order chi connectivity index (χ1) is 8.13. The second-order valence-electron chi connectivity index (χ2n) is 3.62. The van der Waals surface area contributed by atoms with Gasteiger partial charge < -0.3 is 9.84 Å². The van der Waals surface area contributed by atoms with Gasteiger partial charge in [-0.05, 0) is 24.6 Å². The van der Waals surface area contributed by atoms with E-state index < -0.39 is 5.97 Å². The molecule has 0 spiro atoms. The van der Waals surface area contributed by atoms with Crippen molar-refractivity contribution in [3.63, 3.8) is 0 Å². The van der Waals surface area contributed by atoms with Crippen molar-refractivity contribution in [3.05, 3.63) is 35.5 Å². The van der Waals surface area contributed by atoms with Crippen LogP contribution < -0.4 is 4.74 Å². The third-order valence-corrected chi connectivity index (χ3v) is 2.52. The number of nitrogens with zero attached hydrogens (tertiary/aromatic N) is 1. The van der Waals surface area contributed by atoms with E-state index in [0.29, 0.717) is 11.4 Å². The van der Waals surface area contributed by atoms with E-state index in [4.69, 9.17) is 9.84 Å². The zero-order valence-electron chi connectivity index (χ0n) is 9.52.